The lowest BCUT2D eigenvalue weighted by atomic mass is 10.2. The van der Waals surface area contributed by atoms with Crippen LogP contribution in [0, 0.1) is 0 Å². The maximum atomic E-state index is 13.8. The third kappa shape index (κ3) is 7.97. The van der Waals surface area contributed by atoms with E-state index in [1.807, 2.05) is 66.9 Å². The summed E-state index contributed by atoms with van der Waals surface area (Å²) in [4.78, 5) is 30.5. The number of carbonyl (C=O) groups is 2. The average molecular weight is 560 g/mol. The van der Waals surface area contributed by atoms with Crippen LogP contribution in [0.3, 0.4) is 0 Å². The second kappa shape index (κ2) is 14.4. The number of hydrogen-bond donors (Lipinski definition) is 0. The van der Waals surface area contributed by atoms with E-state index in [-0.39, 0.29) is 24.9 Å². The van der Waals surface area contributed by atoms with Gasteiger partial charge in [0.15, 0.2) is 0 Å². The fourth-order valence-electron chi connectivity index (χ4n) is 4.44. The van der Waals surface area contributed by atoms with Crippen molar-refractivity contribution in [3.63, 3.8) is 0 Å². The minimum atomic E-state index is -0.247. The predicted molar refractivity (Wildman–Crippen MR) is 156 cm³/mol. The summed E-state index contributed by atoms with van der Waals surface area (Å²) in [6, 6.07) is 28.5. The van der Waals surface area contributed by atoms with E-state index >= 15 is 0 Å². The quantitative estimate of drug-likeness (QED) is 0.216. The van der Waals surface area contributed by atoms with Gasteiger partial charge in [0.25, 0.3) is 5.91 Å². The molecule has 0 aliphatic carbocycles. The molecule has 0 aliphatic rings. The maximum Gasteiger partial charge on any atom is 0.254 e. The smallest absolute Gasteiger partial charge is 0.254 e. The Morgan fingerprint density at radius 1 is 0.825 bits per heavy atom. The number of rotatable bonds is 13. The van der Waals surface area contributed by atoms with E-state index in [2.05, 4.69) is 10.6 Å². The molecule has 0 aliphatic heterocycles. The zero-order valence-electron chi connectivity index (χ0n) is 22.8. The standard InChI is InChI=1S/C32H34ClN3O4/c1-39-19-18-35(32(38)27-13-15-28(33)16-14-27)24-31(37)36(21-25-8-4-3-5-9-25)23-29-11-7-17-34(29)22-26-10-6-12-30(20-26)40-2/h3-17,20H,18-19,21-24H2,1-2H3. The second-order valence-electron chi connectivity index (χ2n) is 9.44. The highest BCUT2D eigenvalue weighted by molar-refractivity contribution is 6.30. The number of halogens is 1. The minimum absolute atomic E-state index is 0.0752. The van der Waals surface area contributed by atoms with Crippen molar-refractivity contribution in [3.8, 4) is 5.75 Å². The van der Waals surface area contributed by atoms with Crippen molar-refractivity contribution >= 4 is 23.4 Å². The highest BCUT2D eigenvalue weighted by Gasteiger charge is 2.23. The summed E-state index contributed by atoms with van der Waals surface area (Å²) in [5.41, 5.74) is 3.56. The molecule has 0 radical (unpaired) electrons. The summed E-state index contributed by atoms with van der Waals surface area (Å²) in [6.07, 6.45) is 2.01. The van der Waals surface area contributed by atoms with Crippen LogP contribution in [-0.4, -0.2) is 60.1 Å². The second-order valence-corrected chi connectivity index (χ2v) is 9.88. The number of amides is 2. The van der Waals surface area contributed by atoms with Crippen LogP contribution in [0.2, 0.25) is 5.02 Å². The van der Waals surface area contributed by atoms with Gasteiger partial charge in [0.05, 0.1) is 20.3 Å². The van der Waals surface area contributed by atoms with Crippen LogP contribution < -0.4 is 4.74 Å². The van der Waals surface area contributed by atoms with E-state index in [1.165, 1.54) is 4.90 Å². The monoisotopic (exact) mass is 559 g/mol. The Balaban J connectivity index is 1.56. The van der Waals surface area contributed by atoms with Crippen LogP contribution >= 0.6 is 11.6 Å². The molecule has 0 atom stereocenters. The van der Waals surface area contributed by atoms with Crippen molar-refractivity contribution in [1.82, 2.24) is 14.4 Å². The molecule has 0 spiro atoms. The number of benzene rings is 3. The first kappa shape index (κ1) is 28.9. The number of carbonyl (C=O) groups excluding carboxylic acids is 2. The van der Waals surface area contributed by atoms with Gasteiger partial charge in [-0.2, -0.15) is 0 Å². The molecule has 1 aromatic heterocycles. The molecule has 0 saturated heterocycles. The van der Waals surface area contributed by atoms with Gasteiger partial charge in [-0.15, -0.1) is 0 Å². The summed E-state index contributed by atoms with van der Waals surface area (Å²) < 4.78 is 12.7. The van der Waals surface area contributed by atoms with Crippen molar-refractivity contribution in [3.05, 3.63) is 125 Å². The third-order valence-electron chi connectivity index (χ3n) is 6.60. The molecule has 4 rings (SSSR count). The zero-order valence-corrected chi connectivity index (χ0v) is 23.6. The molecule has 208 valence electrons. The van der Waals surface area contributed by atoms with E-state index < -0.39 is 0 Å². The molecular formula is C32H34ClN3O4. The maximum absolute atomic E-state index is 13.8. The van der Waals surface area contributed by atoms with Crippen molar-refractivity contribution in [2.75, 3.05) is 33.9 Å². The van der Waals surface area contributed by atoms with E-state index in [9.17, 15) is 9.59 Å². The Bertz CT molecular complexity index is 1390. The number of nitrogens with zero attached hydrogens (tertiary/aromatic N) is 3. The van der Waals surface area contributed by atoms with Crippen LogP contribution in [0.1, 0.15) is 27.2 Å². The Hall–Kier alpha value is -4.07. The van der Waals surface area contributed by atoms with Crippen molar-refractivity contribution < 1.29 is 19.1 Å². The molecule has 0 N–H and O–H groups in total. The Morgan fingerprint density at radius 3 is 2.30 bits per heavy atom. The number of ether oxygens (including phenoxy) is 2. The molecule has 1 heterocycles. The summed E-state index contributed by atoms with van der Waals surface area (Å²) in [5.74, 6) is 0.396. The molecule has 0 saturated carbocycles. The Labute approximate surface area is 240 Å². The van der Waals surface area contributed by atoms with Crippen LogP contribution in [0.15, 0.2) is 97.2 Å². The summed E-state index contributed by atoms with van der Waals surface area (Å²) in [7, 11) is 3.23. The van der Waals surface area contributed by atoms with Gasteiger partial charge in [0, 0.05) is 49.2 Å². The molecule has 0 unspecified atom stereocenters. The van der Waals surface area contributed by atoms with E-state index in [0.717, 1.165) is 22.6 Å². The van der Waals surface area contributed by atoms with Crippen molar-refractivity contribution in [2.24, 2.45) is 0 Å². The first-order chi connectivity index (χ1) is 19.5. The first-order valence-corrected chi connectivity index (χ1v) is 13.5. The van der Waals surface area contributed by atoms with Gasteiger partial charge in [-0.1, -0.05) is 54.1 Å². The Kier molecular flexibility index (Phi) is 10.4. The highest BCUT2D eigenvalue weighted by Crippen LogP contribution is 2.18. The first-order valence-electron chi connectivity index (χ1n) is 13.1. The topological polar surface area (TPSA) is 64.0 Å². The summed E-state index contributed by atoms with van der Waals surface area (Å²) >= 11 is 6.02. The molecule has 2 amide bonds. The van der Waals surface area contributed by atoms with Gasteiger partial charge in [-0.25, -0.2) is 0 Å². The van der Waals surface area contributed by atoms with Gasteiger partial charge in [-0.05, 0) is 59.7 Å². The minimum Gasteiger partial charge on any atom is -0.497 e. The van der Waals surface area contributed by atoms with E-state index in [0.29, 0.717) is 36.8 Å². The molecule has 4 aromatic rings. The fraction of sp³-hybridized carbons (Fsp3) is 0.250. The zero-order chi connectivity index (χ0) is 28.3. The van der Waals surface area contributed by atoms with Crippen LogP contribution in [0.5, 0.6) is 5.75 Å². The van der Waals surface area contributed by atoms with Gasteiger partial charge < -0.3 is 23.8 Å². The van der Waals surface area contributed by atoms with Gasteiger partial charge >= 0.3 is 0 Å². The van der Waals surface area contributed by atoms with Gasteiger partial charge in [0.1, 0.15) is 12.3 Å². The summed E-state index contributed by atoms with van der Waals surface area (Å²) in [6.45, 7) is 1.97. The lowest BCUT2D eigenvalue weighted by molar-refractivity contribution is -0.133. The van der Waals surface area contributed by atoms with E-state index in [4.69, 9.17) is 21.1 Å². The normalized spacial score (nSPS) is 10.8. The molecule has 3 aromatic carbocycles. The molecule has 0 bridgehead atoms. The van der Waals surface area contributed by atoms with Crippen LogP contribution in [-0.2, 0) is 29.2 Å². The largest absolute Gasteiger partial charge is 0.497 e. The Morgan fingerprint density at radius 2 is 1.57 bits per heavy atom. The average Bonchev–Trinajstić information content (AvgIpc) is 3.41. The number of hydrogen-bond acceptors (Lipinski definition) is 4. The van der Waals surface area contributed by atoms with Crippen LogP contribution in [0.4, 0.5) is 0 Å². The summed E-state index contributed by atoms with van der Waals surface area (Å²) in [5, 5.41) is 0.544. The lowest BCUT2D eigenvalue weighted by Crippen LogP contribution is -2.44. The molecule has 40 heavy (non-hydrogen) atoms. The molecular weight excluding hydrogens is 526 g/mol. The van der Waals surface area contributed by atoms with E-state index in [1.54, 1.807) is 43.4 Å². The highest BCUT2D eigenvalue weighted by atomic mass is 35.5. The SMILES string of the molecule is COCCN(CC(=O)N(Cc1ccccc1)Cc1cccn1Cc1cccc(OC)c1)C(=O)c1ccc(Cl)cc1. The van der Waals surface area contributed by atoms with Crippen molar-refractivity contribution in [2.45, 2.75) is 19.6 Å². The van der Waals surface area contributed by atoms with Gasteiger partial charge in [-0.3, -0.25) is 9.59 Å². The molecule has 7 nitrogen and oxygen atoms in total. The number of aromatic nitrogens is 1. The fourth-order valence-corrected chi connectivity index (χ4v) is 4.56. The van der Waals surface area contributed by atoms with Gasteiger partial charge in [0.2, 0.25) is 5.91 Å². The van der Waals surface area contributed by atoms with Crippen LogP contribution in [0.25, 0.3) is 0 Å². The third-order valence-corrected chi connectivity index (χ3v) is 6.85. The molecule has 0 fully saturated rings. The number of methoxy groups -OCH3 is 2. The van der Waals surface area contributed by atoms with Crippen molar-refractivity contribution in [1.29, 1.82) is 0 Å². The lowest BCUT2D eigenvalue weighted by Gasteiger charge is -2.28. The predicted octanol–water partition coefficient (Wildman–Crippen LogP) is 5.52. The molecule has 8 heteroatoms.